The van der Waals surface area contributed by atoms with Gasteiger partial charge in [0.15, 0.2) is 0 Å². The van der Waals surface area contributed by atoms with Crippen molar-refractivity contribution in [1.29, 1.82) is 0 Å². The van der Waals surface area contributed by atoms with Crippen molar-refractivity contribution in [3.8, 4) is 0 Å². The second-order valence-electron chi connectivity index (χ2n) is 5.45. The first-order valence-corrected chi connectivity index (χ1v) is 7.32. The molecule has 0 saturated carbocycles. The molecule has 102 valence electrons. The SMILES string of the molecule is CCN1CCCC(NCCCC(C)CO)CC1. The van der Waals surface area contributed by atoms with E-state index in [0.717, 1.165) is 19.0 Å². The van der Waals surface area contributed by atoms with Crippen molar-refractivity contribution in [2.75, 3.05) is 32.8 Å². The molecule has 0 aromatic rings. The van der Waals surface area contributed by atoms with E-state index in [0.29, 0.717) is 12.5 Å². The van der Waals surface area contributed by atoms with Gasteiger partial charge in [-0.2, -0.15) is 0 Å². The Morgan fingerprint density at radius 1 is 1.35 bits per heavy atom. The van der Waals surface area contributed by atoms with Crippen molar-refractivity contribution in [1.82, 2.24) is 10.2 Å². The van der Waals surface area contributed by atoms with E-state index >= 15 is 0 Å². The Balaban J connectivity index is 2.07. The van der Waals surface area contributed by atoms with Gasteiger partial charge in [0, 0.05) is 12.6 Å². The highest BCUT2D eigenvalue weighted by atomic mass is 16.3. The summed E-state index contributed by atoms with van der Waals surface area (Å²) < 4.78 is 0. The van der Waals surface area contributed by atoms with E-state index in [9.17, 15) is 0 Å². The van der Waals surface area contributed by atoms with E-state index in [1.54, 1.807) is 0 Å². The monoisotopic (exact) mass is 242 g/mol. The molecular formula is C14H30N2O. The van der Waals surface area contributed by atoms with Crippen molar-refractivity contribution >= 4 is 0 Å². The van der Waals surface area contributed by atoms with Crippen molar-refractivity contribution < 1.29 is 5.11 Å². The second-order valence-corrected chi connectivity index (χ2v) is 5.45. The Bertz CT molecular complexity index is 187. The Hall–Kier alpha value is -0.120. The van der Waals surface area contributed by atoms with Gasteiger partial charge in [-0.3, -0.25) is 0 Å². The Morgan fingerprint density at radius 3 is 2.88 bits per heavy atom. The van der Waals surface area contributed by atoms with Gasteiger partial charge in [-0.1, -0.05) is 13.8 Å². The minimum atomic E-state index is 0.328. The number of aliphatic hydroxyl groups is 1. The molecule has 2 unspecified atom stereocenters. The minimum Gasteiger partial charge on any atom is -0.396 e. The highest BCUT2D eigenvalue weighted by Crippen LogP contribution is 2.11. The largest absolute Gasteiger partial charge is 0.396 e. The summed E-state index contributed by atoms with van der Waals surface area (Å²) in [5, 5.41) is 12.6. The van der Waals surface area contributed by atoms with Crippen LogP contribution in [-0.4, -0.2) is 48.8 Å². The highest BCUT2D eigenvalue weighted by Gasteiger charge is 2.15. The molecule has 1 heterocycles. The second kappa shape index (κ2) is 8.90. The lowest BCUT2D eigenvalue weighted by atomic mass is 10.1. The van der Waals surface area contributed by atoms with E-state index in [4.69, 9.17) is 5.11 Å². The Morgan fingerprint density at radius 2 is 2.18 bits per heavy atom. The van der Waals surface area contributed by atoms with E-state index in [2.05, 4.69) is 24.1 Å². The summed E-state index contributed by atoms with van der Waals surface area (Å²) in [5.41, 5.74) is 0. The maximum Gasteiger partial charge on any atom is 0.0456 e. The molecule has 0 aliphatic carbocycles. The third kappa shape index (κ3) is 6.39. The predicted octanol–water partition coefficient (Wildman–Crippen LogP) is 1.86. The van der Waals surface area contributed by atoms with E-state index < -0.39 is 0 Å². The first kappa shape index (κ1) is 14.9. The molecule has 1 rings (SSSR count). The predicted molar refractivity (Wildman–Crippen MR) is 73.2 cm³/mol. The molecule has 1 aliphatic rings. The van der Waals surface area contributed by atoms with Crippen LogP contribution in [0.4, 0.5) is 0 Å². The zero-order valence-corrected chi connectivity index (χ0v) is 11.6. The zero-order chi connectivity index (χ0) is 12.5. The summed E-state index contributed by atoms with van der Waals surface area (Å²) in [5.74, 6) is 0.460. The van der Waals surface area contributed by atoms with E-state index in [1.807, 2.05) is 0 Å². The number of nitrogens with one attached hydrogen (secondary N) is 1. The lowest BCUT2D eigenvalue weighted by molar-refractivity contribution is 0.227. The van der Waals surface area contributed by atoms with Crippen LogP contribution in [0.25, 0.3) is 0 Å². The van der Waals surface area contributed by atoms with Gasteiger partial charge < -0.3 is 15.3 Å². The van der Waals surface area contributed by atoms with Crippen LogP contribution in [0.2, 0.25) is 0 Å². The van der Waals surface area contributed by atoms with Gasteiger partial charge in [0.2, 0.25) is 0 Å². The van der Waals surface area contributed by atoms with Crippen LogP contribution in [0.1, 0.15) is 46.0 Å². The molecule has 0 bridgehead atoms. The average Bonchev–Trinajstić information content (AvgIpc) is 2.59. The molecule has 17 heavy (non-hydrogen) atoms. The van der Waals surface area contributed by atoms with Gasteiger partial charge in [0.05, 0.1) is 0 Å². The molecule has 0 spiro atoms. The van der Waals surface area contributed by atoms with Gasteiger partial charge >= 0.3 is 0 Å². The van der Waals surface area contributed by atoms with Crippen LogP contribution in [0.5, 0.6) is 0 Å². The molecule has 2 N–H and O–H groups in total. The quantitative estimate of drug-likeness (QED) is 0.669. The topological polar surface area (TPSA) is 35.5 Å². The summed E-state index contributed by atoms with van der Waals surface area (Å²) in [7, 11) is 0. The Labute approximate surface area is 107 Å². The molecular weight excluding hydrogens is 212 g/mol. The van der Waals surface area contributed by atoms with Gasteiger partial charge in [0.25, 0.3) is 0 Å². The van der Waals surface area contributed by atoms with Crippen LogP contribution in [0.15, 0.2) is 0 Å². The fourth-order valence-electron chi connectivity index (χ4n) is 2.52. The van der Waals surface area contributed by atoms with Gasteiger partial charge in [0.1, 0.15) is 0 Å². The third-order valence-corrected chi connectivity index (χ3v) is 3.89. The number of hydrogen-bond acceptors (Lipinski definition) is 3. The number of hydrogen-bond donors (Lipinski definition) is 2. The summed E-state index contributed by atoms with van der Waals surface area (Å²) in [6.07, 6.45) is 6.28. The van der Waals surface area contributed by atoms with Gasteiger partial charge in [-0.15, -0.1) is 0 Å². The molecule has 1 fully saturated rings. The number of nitrogens with zero attached hydrogens (tertiary/aromatic N) is 1. The maximum absolute atomic E-state index is 8.95. The molecule has 1 aliphatic heterocycles. The van der Waals surface area contributed by atoms with Gasteiger partial charge in [-0.25, -0.2) is 0 Å². The zero-order valence-electron chi connectivity index (χ0n) is 11.6. The maximum atomic E-state index is 8.95. The van der Waals surface area contributed by atoms with Crippen LogP contribution >= 0.6 is 0 Å². The lowest BCUT2D eigenvalue weighted by Crippen LogP contribution is -2.31. The van der Waals surface area contributed by atoms with Crippen LogP contribution in [-0.2, 0) is 0 Å². The van der Waals surface area contributed by atoms with Crippen molar-refractivity contribution in [3.63, 3.8) is 0 Å². The third-order valence-electron chi connectivity index (χ3n) is 3.89. The lowest BCUT2D eigenvalue weighted by Gasteiger charge is -2.18. The Kier molecular flexibility index (Phi) is 7.82. The number of likely N-dealkylation sites (tertiary alicyclic amines) is 1. The first-order valence-electron chi connectivity index (χ1n) is 7.32. The molecule has 3 nitrogen and oxygen atoms in total. The molecule has 0 aromatic carbocycles. The standard InChI is InChI=1S/C14H30N2O/c1-3-16-10-5-7-14(8-11-16)15-9-4-6-13(2)12-17/h13-15,17H,3-12H2,1-2H3. The van der Waals surface area contributed by atoms with Crippen LogP contribution in [0.3, 0.4) is 0 Å². The van der Waals surface area contributed by atoms with Crippen LogP contribution in [0, 0.1) is 5.92 Å². The minimum absolute atomic E-state index is 0.328. The molecule has 0 radical (unpaired) electrons. The van der Waals surface area contributed by atoms with Gasteiger partial charge in [-0.05, 0) is 64.2 Å². The highest BCUT2D eigenvalue weighted by molar-refractivity contribution is 4.74. The smallest absolute Gasteiger partial charge is 0.0456 e. The first-order chi connectivity index (χ1) is 8.26. The fraction of sp³-hybridized carbons (Fsp3) is 1.00. The van der Waals surface area contributed by atoms with Crippen molar-refractivity contribution in [3.05, 3.63) is 0 Å². The molecule has 2 atom stereocenters. The van der Waals surface area contributed by atoms with Crippen molar-refractivity contribution in [2.24, 2.45) is 5.92 Å². The van der Waals surface area contributed by atoms with Crippen molar-refractivity contribution in [2.45, 2.75) is 52.0 Å². The fourth-order valence-corrected chi connectivity index (χ4v) is 2.52. The van der Waals surface area contributed by atoms with E-state index in [1.165, 1.54) is 45.3 Å². The number of rotatable bonds is 7. The summed E-state index contributed by atoms with van der Waals surface area (Å²) >= 11 is 0. The normalized spacial score (nSPS) is 24.5. The molecule has 0 aromatic heterocycles. The summed E-state index contributed by atoms with van der Waals surface area (Å²) in [6, 6.07) is 0.719. The number of aliphatic hydroxyl groups excluding tert-OH is 1. The average molecular weight is 242 g/mol. The van der Waals surface area contributed by atoms with Crippen LogP contribution < -0.4 is 5.32 Å². The molecule has 3 heteroatoms. The molecule has 1 saturated heterocycles. The molecule has 0 amide bonds. The van der Waals surface area contributed by atoms with E-state index in [-0.39, 0.29) is 0 Å². The summed E-state index contributed by atoms with van der Waals surface area (Å²) in [4.78, 5) is 2.55. The summed E-state index contributed by atoms with van der Waals surface area (Å²) in [6.45, 7) is 9.53.